The Balaban J connectivity index is 1.90. The van der Waals surface area contributed by atoms with Crippen LogP contribution in [-0.2, 0) is 9.59 Å². The molecule has 0 aromatic heterocycles. The number of amidine groups is 1. The van der Waals surface area contributed by atoms with Crippen molar-refractivity contribution in [2.45, 2.75) is 25.0 Å². The van der Waals surface area contributed by atoms with Crippen LogP contribution in [0.4, 0.5) is 0 Å². The molecule has 1 aromatic rings. The summed E-state index contributed by atoms with van der Waals surface area (Å²) in [7, 11) is 0. The van der Waals surface area contributed by atoms with Gasteiger partial charge < -0.3 is 15.2 Å². The molecule has 23 heavy (non-hydrogen) atoms. The number of hydrogen-bond acceptors (Lipinski definition) is 6. The van der Waals surface area contributed by atoms with Gasteiger partial charge in [0, 0.05) is 0 Å². The molecule has 0 aliphatic carbocycles. The fourth-order valence-corrected chi connectivity index (χ4v) is 2.68. The van der Waals surface area contributed by atoms with Crippen molar-refractivity contribution in [2.75, 3.05) is 6.61 Å². The molecule has 0 bridgehead atoms. The van der Waals surface area contributed by atoms with Crippen LogP contribution >= 0.6 is 11.8 Å². The molecule has 1 aliphatic heterocycles. The van der Waals surface area contributed by atoms with E-state index in [4.69, 9.17) is 9.84 Å². The van der Waals surface area contributed by atoms with Crippen molar-refractivity contribution in [3.8, 4) is 5.75 Å². The zero-order valence-corrected chi connectivity index (χ0v) is 13.4. The summed E-state index contributed by atoms with van der Waals surface area (Å²) in [5, 5.41) is 18.7. The first-order valence-electron chi connectivity index (χ1n) is 7.11. The normalized spacial score (nSPS) is 19.3. The number of carbonyl (C=O) groups is 2. The van der Waals surface area contributed by atoms with E-state index in [1.54, 1.807) is 6.21 Å². The van der Waals surface area contributed by atoms with Crippen LogP contribution in [0, 0.1) is 0 Å². The molecule has 2 N–H and O–H groups in total. The van der Waals surface area contributed by atoms with Crippen molar-refractivity contribution >= 4 is 35.0 Å². The smallest absolute Gasteiger partial charge is 0.305 e. The lowest BCUT2D eigenvalue weighted by Gasteiger charge is -2.03. The van der Waals surface area contributed by atoms with Crippen LogP contribution in [0.3, 0.4) is 0 Å². The molecule has 1 amide bonds. The van der Waals surface area contributed by atoms with E-state index >= 15 is 0 Å². The monoisotopic (exact) mass is 335 g/mol. The largest absolute Gasteiger partial charge is 0.494 e. The fraction of sp³-hybridized carbons (Fsp3) is 0.333. The number of aliphatic carboxylic acids is 1. The molecule has 1 aromatic carbocycles. The average Bonchev–Trinajstić information content (AvgIpc) is 2.86. The number of thioether (sulfide) groups is 1. The molecule has 1 fully saturated rings. The quantitative estimate of drug-likeness (QED) is 0.585. The van der Waals surface area contributed by atoms with Crippen molar-refractivity contribution in [3.63, 3.8) is 0 Å². The van der Waals surface area contributed by atoms with Gasteiger partial charge in [-0.25, -0.2) is 0 Å². The number of nitrogens with one attached hydrogen (secondary N) is 1. The number of carboxylic acids is 1. The van der Waals surface area contributed by atoms with Crippen molar-refractivity contribution < 1.29 is 19.4 Å². The van der Waals surface area contributed by atoms with E-state index in [2.05, 4.69) is 15.5 Å². The van der Waals surface area contributed by atoms with Gasteiger partial charge in [-0.05, 0) is 36.2 Å². The third kappa shape index (κ3) is 5.41. The summed E-state index contributed by atoms with van der Waals surface area (Å²) in [5.41, 5.74) is 0.842. The molecule has 8 heteroatoms. The van der Waals surface area contributed by atoms with E-state index in [0.29, 0.717) is 11.8 Å². The van der Waals surface area contributed by atoms with Crippen LogP contribution in [0.2, 0.25) is 0 Å². The van der Waals surface area contributed by atoms with Gasteiger partial charge in [-0.1, -0.05) is 18.7 Å². The summed E-state index contributed by atoms with van der Waals surface area (Å²) < 4.78 is 5.48. The summed E-state index contributed by atoms with van der Waals surface area (Å²) in [6, 6.07) is 7.39. The van der Waals surface area contributed by atoms with Crippen LogP contribution in [0.25, 0.3) is 0 Å². The van der Waals surface area contributed by atoms with E-state index < -0.39 is 11.2 Å². The maximum Gasteiger partial charge on any atom is 0.305 e. The van der Waals surface area contributed by atoms with Crippen molar-refractivity contribution in [1.82, 2.24) is 5.32 Å². The summed E-state index contributed by atoms with van der Waals surface area (Å²) in [6.07, 6.45) is 2.26. The first kappa shape index (κ1) is 17.0. The van der Waals surface area contributed by atoms with Crippen molar-refractivity contribution in [2.24, 2.45) is 10.2 Å². The first-order valence-corrected chi connectivity index (χ1v) is 7.99. The molecule has 7 nitrogen and oxygen atoms in total. The molecule has 0 saturated carbocycles. The molecule has 0 radical (unpaired) electrons. The third-order valence-corrected chi connectivity index (χ3v) is 3.92. The number of benzene rings is 1. The highest BCUT2D eigenvalue weighted by Gasteiger charge is 2.32. The van der Waals surface area contributed by atoms with Gasteiger partial charge in [-0.3, -0.25) is 9.59 Å². The Kier molecular flexibility index (Phi) is 6.16. The lowest BCUT2D eigenvalue weighted by Crippen LogP contribution is -2.26. The van der Waals surface area contributed by atoms with Gasteiger partial charge in [-0.2, -0.15) is 5.10 Å². The lowest BCUT2D eigenvalue weighted by atomic mass is 10.2. The molecule has 1 heterocycles. The standard InChI is InChI=1S/C15H17N3O4S/c1-2-7-22-11-5-3-10(4-6-11)9-16-18-15-17-14(21)12(23-15)8-13(19)20/h3-6,9,12H,2,7-8H2,1H3,(H,19,20)(H,17,18,21)/b16-9+. The minimum absolute atomic E-state index is 0.238. The van der Waals surface area contributed by atoms with Crippen LogP contribution in [0.5, 0.6) is 5.75 Å². The topological polar surface area (TPSA) is 100 Å². The summed E-state index contributed by atoms with van der Waals surface area (Å²) in [5.74, 6) is -0.581. The number of hydrogen-bond donors (Lipinski definition) is 2. The molecule has 1 saturated heterocycles. The maximum atomic E-state index is 11.5. The van der Waals surface area contributed by atoms with Gasteiger partial charge in [0.15, 0.2) is 5.17 Å². The second-order valence-corrected chi connectivity index (χ2v) is 5.95. The van der Waals surface area contributed by atoms with E-state index in [-0.39, 0.29) is 12.3 Å². The maximum absolute atomic E-state index is 11.5. The molecular weight excluding hydrogens is 318 g/mol. The van der Waals surface area contributed by atoms with E-state index in [0.717, 1.165) is 29.5 Å². The summed E-state index contributed by atoms with van der Waals surface area (Å²) >= 11 is 1.07. The predicted molar refractivity (Wildman–Crippen MR) is 89.0 cm³/mol. The predicted octanol–water partition coefficient (Wildman–Crippen LogP) is 1.87. The van der Waals surface area contributed by atoms with Gasteiger partial charge in [0.05, 0.1) is 19.2 Å². The van der Waals surface area contributed by atoms with Crippen molar-refractivity contribution in [1.29, 1.82) is 0 Å². The Hall–Kier alpha value is -2.35. The number of nitrogens with zero attached hydrogens (tertiary/aromatic N) is 2. The number of carbonyl (C=O) groups excluding carboxylic acids is 1. The van der Waals surface area contributed by atoms with E-state index in [1.807, 2.05) is 31.2 Å². The van der Waals surface area contributed by atoms with Crippen LogP contribution in [0.15, 0.2) is 34.5 Å². The Morgan fingerprint density at radius 1 is 1.43 bits per heavy atom. The van der Waals surface area contributed by atoms with Crippen LogP contribution < -0.4 is 10.1 Å². The Morgan fingerprint density at radius 2 is 2.17 bits per heavy atom. The minimum Gasteiger partial charge on any atom is -0.494 e. The number of rotatable bonds is 7. The Bertz CT molecular complexity index is 628. The van der Waals surface area contributed by atoms with Gasteiger partial charge >= 0.3 is 5.97 Å². The highest BCUT2D eigenvalue weighted by molar-refractivity contribution is 8.15. The second-order valence-electron chi connectivity index (χ2n) is 4.76. The fourth-order valence-electron chi connectivity index (χ4n) is 1.76. The summed E-state index contributed by atoms with van der Waals surface area (Å²) in [6.45, 7) is 2.72. The van der Waals surface area contributed by atoms with Gasteiger partial charge in [0.25, 0.3) is 0 Å². The molecular formula is C15H17N3O4S. The van der Waals surface area contributed by atoms with Crippen LogP contribution in [-0.4, -0.2) is 40.2 Å². The Morgan fingerprint density at radius 3 is 2.83 bits per heavy atom. The highest BCUT2D eigenvalue weighted by atomic mass is 32.2. The second kappa shape index (κ2) is 8.33. The lowest BCUT2D eigenvalue weighted by molar-refractivity contribution is -0.138. The minimum atomic E-state index is -1.02. The third-order valence-electron chi connectivity index (χ3n) is 2.84. The van der Waals surface area contributed by atoms with Gasteiger partial charge in [-0.15, -0.1) is 5.10 Å². The number of amides is 1. The summed E-state index contributed by atoms with van der Waals surface area (Å²) in [4.78, 5) is 22.2. The number of ether oxygens (including phenoxy) is 1. The molecule has 2 rings (SSSR count). The molecule has 0 spiro atoms. The van der Waals surface area contributed by atoms with Gasteiger partial charge in [0.1, 0.15) is 11.0 Å². The van der Waals surface area contributed by atoms with E-state index in [1.165, 1.54) is 0 Å². The zero-order chi connectivity index (χ0) is 16.7. The molecule has 1 atom stereocenters. The molecule has 122 valence electrons. The van der Waals surface area contributed by atoms with Crippen molar-refractivity contribution in [3.05, 3.63) is 29.8 Å². The Labute approximate surface area is 137 Å². The highest BCUT2D eigenvalue weighted by Crippen LogP contribution is 2.22. The molecule has 1 unspecified atom stereocenters. The first-order chi connectivity index (χ1) is 11.1. The zero-order valence-electron chi connectivity index (χ0n) is 12.6. The van der Waals surface area contributed by atoms with Gasteiger partial charge in [0.2, 0.25) is 5.91 Å². The SMILES string of the molecule is CCCOc1ccc(/C=N/N=C2\NC(=O)C(CC(=O)O)S2)cc1. The van der Waals surface area contributed by atoms with Crippen LogP contribution in [0.1, 0.15) is 25.3 Å². The van der Waals surface area contributed by atoms with E-state index in [9.17, 15) is 9.59 Å². The average molecular weight is 335 g/mol. The number of carboxylic acid groups (broad SMARTS) is 1. The molecule has 1 aliphatic rings.